The van der Waals surface area contributed by atoms with Crippen molar-refractivity contribution in [1.82, 2.24) is 19.6 Å². The lowest BCUT2D eigenvalue weighted by molar-refractivity contribution is -0.133. The number of aryl methyl sites for hydroxylation is 1. The second kappa shape index (κ2) is 7.14. The summed E-state index contributed by atoms with van der Waals surface area (Å²) < 4.78 is 7.61. The first-order valence-electron chi connectivity index (χ1n) is 9.24. The molecule has 1 N–H and O–H groups in total. The highest BCUT2D eigenvalue weighted by atomic mass is 16.5. The van der Waals surface area contributed by atoms with Crippen LogP contribution in [0.5, 0.6) is 0 Å². The van der Waals surface area contributed by atoms with E-state index in [1.165, 1.54) is 19.3 Å². The zero-order chi connectivity index (χ0) is 17.2. The van der Waals surface area contributed by atoms with Crippen LogP contribution in [-0.2, 0) is 16.1 Å². The summed E-state index contributed by atoms with van der Waals surface area (Å²) >= 11 is 0. The zero-order valence-corrected chi connectivity index (χ0v) is 14.8. The van der Waals surface area contributed by atoms with Crippen molar-refractivity contribution in [3.63, 3.8) is 0 Å². The molecule has 1 aliphatic heterocycles. The topological polar surface area (TPSA) is 58.9 Å². The second-order valence-corrected chi connectivity index (χ2v) is 7.23. The number of aromatic nitrogens is 2. The zero-order valence-electron chi connectivity index (χ0n) is 14.8. The Labute approximate surface area is 148 Å². The summed E-state index contributed by atoms with van der Waals surface area (Å²) in [6, 6.07) is 5.85. The summed E-state index contributed by atoms with van der Waals surface area (Å²) in [5.41, 5.74) is 2.93. The van der Waals surface area contributed by atoms with Crippen molar-refractivity contribution < 1.29 is 9.53 Å². The number of carbonyl (C=O) groups is 1. The Bertz CT molecular complexity index is 753. The van der Waals surface area contributed by atoms with Crippen LogP contribution in [0.2, 0.25) is 0 Å². The molecule has 1 saturated carbocycles. The Balaban J connectivity index is 1.38. The van der Waals surface area contributed by atoms with Gasteiger partial charge >= 0.3 is 0 Å². The summed E-state index contributed by atoms with van der Waals surface area (Å²) in [7, 11) is 0. The first-order valence-corrected chi connectivity index (χ1v) is 9.24. The maximum atomic E-state index is 12.7. The van der Waals surface area contributed by atoms with Crippen molar-refractivity contribution in [3.8, 4) is 0 Å². The number of morpholine rings is 1. The summed E-state index contributed by atoms with van der Waals surface area (Å²) in [4.78, 5) is 19.6. The van der Waals surface area contributed by atoms with Crippen molar-refractivity contribution in [2.45, 2.75) is 38.8 Å². The molecule has 134 valence electrons. The number of amides is 1. The normalized spacial score (nSPS) is 22.0. The van der Waals surface area contributed by atoms with E-state index >= 15 is 0 Å². The number of imidazole rings is 1. The maximum absolute atomic E-state index is 12.7. The minimum atomic E-state index is -0.173. The fraction of sp³-hybridized carbons (Fsp3) is 0.579. The van der Waals surface area contributed by atoms with Gasteiger partial charge in [-0.15, -0.1) is 0 Å². The Morgan fingerprint density at radius 1 is 1.40 bits per heavy atom. The fourth-order valence-electron chi connectivity index (χ4n) is 3.68. The number of pyridine rings is 1. The number of nitrogens with zero attached hydrogens (tertiary/aromatic N) is 3. The smallest absolute Gasteiger partial charge is 0.240 e. The number of hydrogen-bond acceptors (Lipinski definition) is 4. The van der Waals surface area contributed by atoms with Crippen LogP contribution >= 0.6 is 0 Å². The Kier molecular flexibility index (Phi) is 4.72. The van der Waals surface area contributed by atoms with Crippen molar-refractivity contribution in [1.29, 1.82) is 0 Å². The number of ether oxygens (including phenoxy) is 1. The number of hydrogen-bond donors (Lipinski definition) is 1. The third kappa shape index (κ3) is 3.55. The summed E-state index contributed by atoms with van der Waals surface area (Å²) in [5, 5.41) is 3.05. The molecule has 0 spiro atoms. The Morgan fingerprint density at radius 2 is 2.28 bits per heavy atom. The van der Waals surface area contributed by atoms with Crippen molar-refractivity contribution in [2.24, 2.45) is 5.92 Å². The molecule has 1 aliphatic carbocycles. The van der Waals surface area contributed by atoms with Crippen LogP contribution in [-0.4, -0.2) is 52.5 Å². The van der Waals surface area contributed by atoms with E-state index in [0.29, 0.717) is 13.2 Å². The second-order valence-electron chi connectivity index (χ2n) is 7.23. The number of carbonyl (C=O) groups excluding carboxylic acids is 1. The molecule has 1 amide bonds. The highest BCUT2D eigenvalue weighted by molar-refractivity contribution is 5.82. The van der Waals surface area contributed by atoms with Gasteiger partial charge in [0.2, 0.25) is 5.91 Å². The summed E-state index contributed by atoms with van der Waals surface area (Å²) in [6.45, 7) is 5.59. The predicted molar refractivity (Wildman–Crippen MR) is 95.3 cm³/mol. The lowest BCUT2D eigenvalue weighted by Gasteiger charge is -2.39. The van der Waals surface area contributed by atoms with Crippen molar-refractivity contribution in [3.05, 3.63) is 35.8 Å². The van der Waals surface area contributed by atoms with E-state index in [4.69, 9.17) is 4.74 Å². The van der Waals surface area contributed by atoms with E-state index in [1.54, 1.807) is 0 Å². The molecule has 3 heterocycles. The minimum absolute atomic E-state index is 0.0489. The molecular weight excluding hydrogens is 316 g/mol. The molecule has 2 aliphatic rings. The van der Waals surface area contributed by atoms with Gasteiger partial charge in [-0.3, -0.25) is 9.69 Å². The van der Waals surface area contributed by atoms with E-state index in [0.717, 1.165) is 42.6 Å². The molecule has 4 rings (SSSR count). The molecule has 1 unspecified atom stereocenters. The molecule has 6 heteroatoms. The highest BCUT2D eigenvalue weighted by Gasteiger charge is 2.32. The number of rotatable bonds is 5. The summed E-state index contributed by atoms with van der Waals surface area (Å²) in [5.74, 6) is 0.808. The van der Waals surface area contributed by atoms with Gasteiger partial charge in [-0.25, -0.2) is 4.98 Å². The van der Waals surface area contributed by atoms with Crippen LogP contribution in [0.25, 0.3) is 5.65 Å². The molecular formula is C19H26N4O2. The molecule has 2 aromatic heterocycles. The Hall–Kier alpha value is -1.92. The van der Waals surface area contributed by atoms with E-state index in [2.05, 4.69) is 28.2 Å². The van der Waals surface area contributed by atoms with Crippen LogP contribution in [0.15, 0.2) is 24.4 Å². The SMILES string of the molecule is Cc1cccc2nc(CNC(=O)C3COCCN3CC3CCC3)cn12. The van der Waals surface area contributed by atoms with Gasteiger partial charge in [0.1, 0.15) is 11.7 Å². The standard InChI is InChI=1S/C19H26N4O2/c1-14-4-2-7-18-21-16(12-23(14)18)10-20-19(24)17-13-25-9-8-22(17)11-15-5-3-6-15/h2,4,7,12,15,17H,3,5-6,8-11,13H2,1H3,(H,20,24). The highest BCUT2D eigenvalue weighted by Crippen LogP contribution is 2.28. The van der Waals surface area contributed by atoms with Gasteiger partial charge in [-0.2, -0.15) is 0 Å². The molecule has 2 aromatic rings. The van der Waals surface area contributed by atoms with Gasteiger partial charge in [-0.05, 0) is 37.8 Å². The maximum Gasteiger partial charge on any atom is 0.240 e. The molecule has 2 fully saturated rings. The molecule has 25 heavy (non-hydrogen) atoms. The van der Waals surface area contributed by atoms with Gasteiger partial charge in [0.25, 0.3) is 0 Å². The van der Waals surface area contributed by atoms with Gasteiger partial charge in [0, 0.05) is 25.0 Å². The molecule has 0 radical (unpaired) electrons. The number of fused-ring (bicyclic) bond motifs is 1. The van der Waals surface area contributed by atoms with Crippen LogP contribution in [0.3, 0.4) is 0 Å². The lowest BCUT2D eigenvalue weighted by atomic mass is 9.84. The Morgan fingerprint density at radius 3 is 3.04 bits per heavy atom. The monoisotopic (exact) mass is 342 g/mol. The van der Waals surface area contributed by atoms with E-state index in [9.17, 15) is 4.79 Å². The predicted octanol–water partition coefficient (Wildman–Crippen LogP) is 1.76. The van der Waals surface area contributed by atoms with Crippen LogP contribution in [0.1, 0.15) is 30.7 Å². The molecule has 1 atom stereocenters. The van der Waals surface area contributed by atoms with E-state index in [1.807, 2.05) is 22.7 Å². The van der Waals surface area contributed by atoms with Gasteiger partial charge in [0.15, 0.2) is 0 Å². The largest absolute Gasteiger partial charge is 0.378 e. The van der Waals surface area contributed by atoms with Crippen molar-refractivity contribution in [2.75, 3.05) is 26.3 Å². The van der Waals surface area contributed by atoms with Gasteiger partial charge < -0.3 is 14.5 Å². The average molecular weight is 342 g/mol. The molecule has 0 bridgehead atoms. The minimum Gasteiger partial charge on any atom is -0.378 e. The van der Waals surface area contributed by atoms with E-state index in [-0.39, 0.29) is 11.9 Å². The quantitative estimate of drug-likeness (QED) is 0.900. The molecule has 6 nitrogen and oxygen atoms in total. The fourth-order valence-corrected chi connectivity index (χ4v) is 3.68. The van der Waals surface area contributed by atoms with Gasteiger partial charge in [0.05, 0.1) is 25.5 Å². The number of nitrogens with one attached hydrogen (secondary N) is 1. The average Bonchev–Trinajstić information content (AvgIpc) is 3.01. The first-order chi connectivity index (χ1) is 12.2. The lowest BCUT2D eigenvalue weighted by Crippen LogP contribution is -2.55. The van der Waals surface area contributed by atoms with Crippen LogP contribution in [0, 0.1) is 12.8 Å². The molecule has 0 aromatic carbocycles. The van der Waals surface area contributed by atoms with Crippen LogP contribution in [0.4, 0.5) is 0 Å². The molecule has 1 saturated heterocycles. The first kappa shape index (κ1) is 16.5. The van der Waals surface area contributed by atoms with Crippen LogP contribution < -0.4 is 5.32 Å². The third-order valence-electron chi connectivity index (χ3n) is 5.45. The third-order valence-corrected chi connectivity index (χ3v) is 5.45. The van der Waals surface area contributed by atoms with Crippen molar-refractivity contribution >= 4 is 11.6 Å². The van der Waals surface area contributed by atoms with Gasteiger partial charge in [-0.1, -0.05) is 12.5 Å². The summed E-state index contributed by atoms with van der Waals surface area (Å²) in [6.07, 6.45) is 5.92. The van der Waals surface area contributed by atoms with E-state index < -0.39 is 0 Å².